The molecular weight excluding hydrogens is 310 g/mol. The largest absolute Gasteiger partial charge is 0.0843 e. The number of hydrogen-bond acceptors (Lipinski definition) is 0. The van der Waals surface area contributed by atoms with Gasteiger partial charge in [-0.1, -0.05) is 52.5 Å². The lowest BCUT2D eigenvalue weighted by molar-refractivity contribution is 1.47. The smallest absolute Gasteiger partial charge is 0.0450 e. The molecule has 0 heterocycles. The van der Waals surface area contributed by atoms with E-state index in [1.54, 1.807) is 12.1 Å². The van der Waals surface area contributed by atoms with E-state index in [4.69, 9.17) is 46.4 Å². The van der Waals surface area contributed by atoms with Gasteiger partial charge in [-0.3, -0.25) is 0 Å². The van der Waals surface area contributed by atoms with Crippen molar-refractivity contribution in [2.24, 2.45) is 0 Å². The third kappa shape index (κ3) is 4.70. The Morgan fingerprint density at radius 3 is 1.67 bits per heavy atom. The predicted octanol–water partition coefficient (Wildman–Crippen LogP) is 6.60. The fourth-order valence-electron chi connectivity index (χ4n) is 1.19. The summed E-state index contributed by atoms with van der Waals surface area (Å²) in [6.07, 6.45) is 0. The highest BCUT2D eigenvalue weighted by atomic mass is 35.5. The first kappa shape index (κ1) is 15.7. The zero-order chi connectivity index (χ0) is 13.7. The minimum absolute atomic E-state index is 0.725. The number of halogens is 4. The second kappa shape index (κ2) is 7.25. The van der Waals surface area contributed by atoms with Crippen molar-refractivity contribution < 1.29 is 0 Å². The van der Waals surface area contributed by atoms with Crippen LogP contribution in [-0.2, 0) is 0 Å². The van der Waals surface area contributed by atoms with Crippen LogP contribution in [0.2, 0.25) is 20.1 Å². The summed E-state index contributed by atoms with van der Waals surface area (Å²) in [4.78, 5) is 0. The van der Waals surface area contributed by atoms with Gasteiger partial charge in [0.2, 0.25) is 0 Å². The Hall–Kier alpha value is -0.400. The van der Waals surface area contributed by atoms with Gasteiger partial charge >= 0.3 is 0 Å². The number of rotatable bonds is 0. The first-order chi connectivity index (χ1) is 8.41. The number of hydrogen-bond donors (Lipinski definition) is 0. The van der Waals surface area contributed by atoms with E-state index in [2.05, 4.69) is 0 Å². The van der Waals surface area contributed by atoms with E-state index in [0.717, 1.165) is 31.2 Å². The zero-order valence-corrected chi connectivity index (χ0v) is 13.0. The van der Waals surface area contributed by atoms with Crippen molar-refractivity contribution in [3.63, 3.8) is 0 Å². The monoisotopic (exact) mass is 320 g/mol. The lowest BCUT2D eigenvalue weighted by Gasteiger charge is -1.96. The van der Waals surface area contributed by atoms with Crippen LogP contribution >= 0.6 is 46.4 Å². The molecule has 0 bridgehead atoms. The molecule has 0 saturated carbocycles. The number of aryl methyl sites for hydroxylation is 1. The molecule has 0 aliphatic carbocycles. The van der Waals surface area contributed by atoms with Crippen molar-refractivity contribution >= 4 is 46.4 Å². The van der Waals surface area contributed by atoms with Crippen LogP contribution in [0.25, 0.3) is 0 Å². The highest BCUT2D eigenvalue weighted by Crippen LogP contribution is 2.22. The Morgan fingerprint density at radius 1 is 0.722 bits per heavy atom. The minimum atomic E-state index is 0.725. The van der Waals surface area contributed by atoms with Crippen molar-refractivity contribution in [3.8, 4) is 0 Å². The van der Waals surface area contributed by atoms with Crippen LogP contribution in [0.1, 0.15) is 11.1 Å². The molecule has 2 aromatic rings. The third-order valence-corrected chi connectivity index (χ3v) is 3.80. The summed E-state index contributed by atoms with van der Waals surface area (Å²) in [5.74, 6) is 0. The molecule has 4 heteroatoms. The van der Waals surface area contributed by atoms with Crippen LogP contribution in [0.4, 0.5) is 0 Å². The summed E-state index contributed by atoms with van der Waals surface area (Å²) in [5, 5.41) is 2.95. The Balaban J connectivity index is 0.000000180. The second-order valence-electron chi connectivity index (χ2n) is 3.74. The van der Waals surface area contributed by atoms with Crippen LogP contribution in [0.15, 0.2) is 36.4 Å². The topological polar surface area (TPSA) is 0 Å². The summed E-state index contributed by atoms with van der Waals surface area (Å²) in [6, 6.07) is 10.9. The molecular formula is C14H12Cl4. The summed E-state index contributed by atoms with van der Waals surface area (Å²) >= 11 is 22.8. The van der Waals surface area contributed by atoms with Gasteiger partial charge in [0.25, 0.3) is 0 Å². The Morgan fingerprint density at radius 2 is 1.28 bits per heavy atom. The Labute approximate surface area is 127 Å². The molecule has 0 fully saturated rings. The SMILES string of the molecule is Cc1c(Cl)cccc1Cl.Cc1cc(Cl)ccc1Cl. The molecule has 2 aromatic carbocycles. The molecule has 0 aromatic heterocycles. The van der Waals surface area contributed by atoms with E-state index in [1.807, 2.05) is 38.1 Å². The van der Waals surface area contributed by atoms with Gasteiger partial charge < -0.3 is 0 Å². The molecule has 0 aliphatic heterocycles. The third-order valence-electron chi connectivity index (χ3n) is 2.32. The van der Waals surface area contributed by atoms with E-state index in [-0.39, 0.29) is 0 Å². The Bertz CT molecular complexity index is 515. The maximum Gasteiger partial charge on any atom is 0.0450 e. The first-order valence-corrected chi connectivity index (χ1v) is 6.75. The second-order valence-corrected chi connectivity index (χ2v) is 5.40. The molecule has 96 valence electrons. The molecule has 18 heavy (non-hydrogen) atoms. The molecule has 0 amide bonds. The van der Waals surface area contributed by atoms with E-state index in [1.165, 1.54) is 0 Å². The average molecular weight is 322 g/mol. The fourth-order valence-corrected chi connectivity index (χ4v) is 1.93. The maximum absolute atomic E-state index is 5.73. The van der Waals surface area contributed by atoms with Gasteiger partial charge in [0.1, 0.15) is 0 Å². The number of benzene rings is 2. The van der Waals surface area contributed by atoms with Crippen molar-refractivity contribution in [2.75, 3.05) is 0 Å². The maximum atomic E-state index is 5.73. The average Bonchev–Trinajstić information content (AvgIpc) is 2.32. The molecule has 0 N–H and O–H groups in total. The summed E-state index contributed by atoms with van der Waals surface area (Å²) < 4.78 is 0. The molecule has 2 rings (SSSR count). The molecule has 0 atom stereocenters. The molecule has 0 spiro atoms. The zero-order valence-electron chi connectivity index (χ0n) is 9.98. The highest BCUT2D eigenvalue weighted by Gasteiger charge is 1.96. The minimum Gasteiger partial charge on any atom is -0.0843 e. The van der Waals surface area contributed by atoms with E-state index in [0.29, 0.717) is 0 Å². The lowest BCUT2D eigenvalue weighted by Crippen LogP contribution is -1.73. The quantitative estimate of drug-likeness (QED) is 0.512. The standard InChI is InChI=1S/2C7H6Cl2/c1-5-4-6(8)2-3-7(5)9;1-5-6(8)3-2-4-7(5)9/h2*2-4H,1H3. The summed E-state index contributed by atoms with van der Waals surface area (Å²) in [7, 11) is 0. The van der Waals surface area contributed by atoms with Crippen LogP contribution < -0.4 is 0 Å². The highest BCUT2D eigenvalue weighted by molar-refractivity contribution is 6.36. The molecule has 0 saturated heterocycles. The van der Waals surface area contributed by atoms with Gasteiger partial charge in [0.05, 0.1) is 0 Å². The van der Waals surface area contributed by atoms with Crippen molar-refractivity contribution in [1.82, 2.24) is 0 Å². The van der Waals surface area contributed by atoms with E-state index >= 15 is 0 Å². The predicted molar refractivity (Wildman–Crippen MR) is 82.4 cm³/mol. The van der Waals surface area contributed by atoms with Gasteiger partial charge in [-0.05, 0) is 55.3 Å². The van der Waals surface area contributed by atoms with Crippen LogP contribution in [0, 0.1) is 13.8 Å². The molecule has 0 unspecified atom stereocenters. The van der Waals surface area contributed by atoms with Crippen molar-refractivity contribution in [3.05, 3.63) is 67.6 Å². The van der Waals surface area contributed by atoms with Gasteiger partial charge in [-0.25, -0.2) is 0 Å². The van der Waals surface area contributed by atoms with Gasteiger partial charge in [-0.2, -0.15) is 0 Å². The van der Waals surface area contributed by atoms with Crippen LogP contribution in [-0.4, -0.2) is 0 Å². The van der Waals surface area contributed by atoms with Crippen molar-refractivity contribution in [1.29, 1.82) is 0 Å². The van der Waals surface area contributed by atoms with E-state index < -0.39 is 0 Å². The normalized spacial score (nSPS) is 9.67. The first-order valence-electron chi connectivity index (χ1n) is 5.24. The van der Waals surface area contributed by atoms with Gasteiger partial charge in [0, 0.05) is 20.1 Å². The van der Waals surface area contributed by atoms with Gasteiger partial charge in [-0.15, -0.1) is 0 Å². The van der Waals surface area contributed by atoms with E-state index in [9.17, 15) is 0 Å². The molecule has 0 aliphatic rings. The summed E-state index contributed by atoms with van der Waals surface area (Å²) in [6.45, 7) is 3.82. The fraction of sp³-hybridized carbons (Fsp3) is 0.143. The van der Waals surface area contributed by atoms with Crippen LogP contribution in [0.3, 0.4) is 0 Å². The van der Waals surface area contributed by atoms with Crippen LogP contribution in [0.5, 0.6) is 0 Å². The molecule has 0 nitrogen and oxygen atoms in total. The molecule has 0 radical (unpaired) electrons. The van der Waals surface area contributed by atoms with Crippen molar-refractivity contribution in [2.45, 2.75) is 13.8 Å². The van der Waals surface area contributed by atoms with Gasteiger partial charge in [0.15, 0.2) is 0 Å². The summed E-state index contributed by atoms with van der Waals surface area (Å²) in [5.41, 5.74) is 1.96. The Kier molecular flexibility index (Phi) is 6.31. The lowest BCUT2D eigenvalue weighted by atomic mass is 10.2.